The van der Waals surface area contributed by atoms with Gasteiger partial charge in [-0.1, -0.05) is 6.07 Å². The predicted octanol–water partition coefficient (Wildman–Crippen LogP) is 3.11. The number of aryl methyl sites for hydroxylation is 1. The normalized spacial score (nSPS) is 10.3. The quantitative estimate of drug-likeness (QED) is 0.894. The van der Waals surface area contributed by atoms with Gasteiger partial charge in [0.1, 0.15) is 11.4 Å². The summed E-state index contributed by atoms with van der Waals surface area (Å²) in [5, 5.41) is 11.2. The van der Waals surface area contributed by atoms with E-state index >= 15 is 0 Å². The van der Waals surface area contributed by atoms with E-state index in [1.165, 1.54) is 12.1 Å². The molecule has 6 heteroatoms. The third-order valence-corrected chi connectivity index (χ3v) is 2.50. The lowest BCUT2D eigenvalue weighted by atomic mass is 10.2. The molecule has 2 aromatic rings. The van der Waals surface area contributed by atoms with E-state index in [2.05, 4.69) is 10.3 Å². The lowest BCUT2D eigenvalue weighted by molar-refractivity contribution is 0.0692. The molecule has 0 spiro atoms. The Labute approximate surface area is 107 Å². The Morgan fingerprint density at radius 1 is 1.32 bits per heavy atom. The number of benzene rings is 1. The zero-order valence-electron chi connectivity index (χ0n) is 9.95. The first-order valence-corrected chi connectivity index (χ1v) is 5.40. The van der Waals surface area contributed by atoms with Crippen LogP contribution in [0.25, 0.3) is 0 Å². The second-order valence-electron chi connectivity index (χ2n) is 3.93. The number of carbonyl (C=O) groups is 1. The van der Waals surface area contributed by atoms with Crippen molar-refractivity contribution in [1.29, 1.82) is 0 Å². The maximum absolute atomic E-state index is 13.8. The van der Waals surface area contributed by atoms with Crippen LogP contribution in [0.1, 0.15) is 15.9 Å². The minimum Gasteiger partial charge on any atom is -0.478 e. The van der Waals surface area contributed by atoms with Crippen LogP contribution >= 0.6 is 0 Å². The number of anilines is 2. The first-order chi connectivity index (χ1) is 8.99. The van der Waals surface area contributed by atoms with Crippen molar-refractivity contribution in [3.05, 3.63) is 53.2 Å². The number of hydrogen-bond donors (Lipinski definition) is 2. The number of aromatic carboxylic acids is 1. The molecule has 0 amide bonds. The molecule has 1 aromatic carbocycles. The minimum absolute atomic E-state index is 0.0274. The van der Waals surface area contributed by atoms with E-state index in [-0.39, 0.29) is 11.5 Å². The number of nitrogens with one attached hydrogen (secondary N) is 1. The molecule has 0 bridgehead atoms. The van der Waals surface area contributed by atoms with Crippen LogP contribution in [0.2, 0.25) is 0 Å². The van der Waals surface area contributed by atoms with Crippen LogP contribution in [0, 0.1) is 18.6 Å². The van der Waals surface area contributed by atoms with Crippen molar-refractivity contribution >= 4 is 17.5 Å². The van der Waals surface area contributed by atoms with E-state index in [0.717, 1.165) is 17.8 Å². The Kier molecular flexibility index (Phi) is 3.41. The Hall–Kier alpha value is -2.50. The first kappa shape index (κ1) is 12.9. The maximum Gasteiger partial charge on any atom is 0.338 e. The van der Waals surface area contributed by atoms with Gasteiger partial charge in [-0.3, -0.25) is 0 Å². The number of pyridine rings is 1. The highest BCUT2D eigenvalue weighted by Crippen LogP contribution is 2.23. The summed E-state index contributed by atoms with van der Waals surface area (Å²) in [4.78, 5) is 14.4. The van der Waals surface area contributed by atoms with Crippen LogP contribution in [0.5, 0.6) is 0 Å². The molecule has 0 atom stereocenters. The zero-order valence-corrected chi connectivity index (χ0v) is 9.95. The number of aromatic nitrogens is 1. The van der Waals surface area contributed by atoms with Crippen LogP contribution in [-0.4, -0.2) is 16.1 Å². The first-order valence-electron chi connectivity index (χ1n) is 5.40. The molecular formula is C13H10F2N2O2. The molecule has 19 heavy (non-hydrogen) atoms. The zero-order chi connectivity index (χ0) is 14.0. The average molecular weight is 264 g/mol. The smallest absolute Gasteiger partial charge is 0.338 e. The molecule has 0 unspecified atom stereocenters. The van der Waals surface area contributed by atoms with Gasteiger partial charge in [-0.05, 0) is 30.7 Å². The van der Waals surface area contributed by atoms with Gasteiger partial charge in [-0.15, -0.1) is 0 Å². The van der Waals surface area contributed by atoms with Crippen molar-refractivity contribution < 1.29 is 18.7 Å². The van der Waals surface area contributed by atoms with Crippen molar-refractivity contribution in [3.8, 4) is 0 Å². The van der Waals surface area contributed by atoms with Crippen molar-refractivity contribution in [2.45, 2.75) is 6.92 Å². The van der Waals surface area contributed by atoms with Gasteiger partial charge in [0.25, 0.3) is 0 Å². The standard InChI is InChI=1S/C13H10F2N2O2/c1-7-2-3-10(9(14)6-7)17-12-11(15)8(13(18)19)4-5-16-12/h2-6H,1H3,(H,16,17)(H,18,19). The Balaban J connectivity index is 2.38. The van der Waals surface area contributed by atoms with Gasteiger partial charge < -0.3 is 10.4 Å². The molecule has 0 radical (unpaired) electrons. The highest BCUT2D eigenvalue weighted by atomic mass is 19.1. The molecule has 2 N–H and O–H groups in total. The largest absolute Gasteiger partial charge is 0.478 e. The topological polar surface area (TPSA) is 62.2 Å². The molecule has 4 nitrogen and oxygen atoms in total. The Bertz CT molecular complexity index is 645. The summed E-state index contributed by atoms with van der Waals surface area (Å²) in [5.41, 5.74) is 0.223. The van der Waals surface area contributed by atoms with Crippen molar-refractivity contribution in [3.63, 3.8) is 0 Å². The molecule has 2 rings (SSSR count). The number of halogens is 2. The van der Waals surface area contributed by atoms with Crippen molar-refractivity contribution in [2.75, 3.05) is 5.32 Å². The fraction of sp³-hybridized carbons (Fsp3) is 0.0769. The summed E-state index contributed by atoms with van der Waals surface area (Å²) < 4.78 is 27.4. The Morgan fingerprint density at radius 3 is 2.68 bits per heavy atom. The molecule has 0 saturated heterocycles. The Morgan fingerprint density at radius 2 is 2.05 bits per heavy atom. The van der Waals surface area contributed by atoms with Gasteiger partial charge in [-0.25, -0.2) is 18.6 Å². The number of carboxylic acids is 1. The van der Waals surface area contributed by atoms with Gasteiger partial charge in [0.15, 0.2) is 11.6 Å². The van der Waals surface area contributed by atoms with E-state index in [0.29, 0.717) is 0 Å². The fourth-order valence-electron chi connectivity index (χ4n) is 1.55. The third kappa shape index (κ3) is 2.67. The lowest BCUT2D eigenvalue weighted by Gasteiger charge is -2.09. The summed E-state index contributed by atoms with van der Waals surface area (Å²) in [6, 6.07) is 5.39. The molecule has 0 aliphatic heterocycles. The van der Waals surface area contributed by atoms with Gasteiger partial charge in [0.2, 0.25) is 0 Å². The predicted molar refractivity (Wildman–Crippen MR) is 65.6 cm³/mol. The van der Waals surface area contributed by atoms with Gasteiger partial charge in [-0.2, -0.15) is 0 Å². The lowest BCUT2D eigenvalue weighted by Crippen LogP contribution is -2.06. The number of nitrogens with zero attached hydrogens (tertiary/aromatic N) is 1. The molecule has 1 aromatic heterocycles. The average Bonchev–Trinajstić information content (AvgIpc) is 2.34. The second-order valence-corrected chi connectivity index (χ2v) is 3.93. The highest BCUT2D eigenvalue weighted by molar-refractivity contribution is 5.89. The van der Waals surface area contributed by atoms with E-state index in [9.17, 15) is 13.6 Å². The fourth-order valence-corrected chi connectivity index (χ4v) is 1.55. The SMILES string of the molecule is Cc1ccc(Nc2nccc(C(=O)O)c2F)c(F)c1. The summed E-state index contributed by atoms with van der Waals surface area (Å²) in [6.45, 7) is 1.72. The summed E-state index contributed by atoms with van der Waals surface area (Å²) >= 11 is 0. The molecule has 0 fully saturated rings. The van der Waals surface area contributed by atoms with Gasteiger partial charge in [0, 0.05) is 6.20 Å². The molecule has 0 saturated carbocycles. The van der Waals surface area contributed by atoms with Gasteiger partial charge in [0.05, 0.1) is 5.69 Å². The monoisotopic (exact) mass is 264 g/mol. The molecule has 0 aliphatic rings. The number of rotatable bonds is 3. The van der Waals surface area contributed by atoms with Crippen LogP contribution in [-0.2, 0) is 0 Å². The number of carboxylic acid groups (broad SMARTS) is 1. The maximum atomic E-state index is 13.8. The van der Waals surface area contributed by atoms with Crippen LogP contribution in [0.4, 0.5) is 20.3 Å². The third-order valence-electron chi connectivity index (χ3n) is 2.50. The summed E-state index contributed by atoms with van der Waals surface area (Å²) in [6.07, 6.45) is 1.14. The highest BCUT2D eigenvalue weighted by Gasteiger charge is 2.16. The molecular weight excluding hydrogens is 254 g/mol. The van der Waals surface area contributed by atoms with Gasteiger partial charge >= 0.3 is 5.97 Å². The van der Waals surface area contributed by atoms with E-state index in [1.54, 1.807) is 13.0 Å². The molecule has 98 valence electrons. The summed E-state index contributed by atoms with van der Waals surface area (Å²) in [7, 11) is 0. The molecule has 1 heterocycles. The van der Waals surface area contributed by atoms with E-state index < -0.39 is 23.2 Å². The van der Waals surface area contributed by atoms with E-state index in [1.807, 2.05) is 0 Å². The van der Waals surface area contributed by atoms with Crippen LogP contribution in [0.15, 0.2) is 30.5 Å². The van der Waals surface area contributed by atoms with Crippen LogP contribution in [0.3, 0.4) is 0 Å². The summed E-state index contributed by atoms with van der Waals surface area (Å²) in [5.74, 6) is -3.34. The molecule has 0 aliphatic carbocycles. The second kappa shape index (κ2) is 5.01. The van der Waals surface area contributed by atoms with Crippen molar-refractivity contribution in [1.82, 2.24) is 4.98 Å². The number of hydrogen-bond acceptors (Lipinski definition) is 3. The minimum atomic E-state index is -1.41. The van der Waals surface area contributed by atoms with Crippen molar-refractivity contribution in [2.24, 2.45) is 0 Å². The van der Waals surface area contributed by atoms with E-state index in [4.69, 9.17) is 5.11 Å². The van der Waals surface area contributed by atoms with Crippen LogP contribution < -0.4 is 5.32 Å².